The van der Waals surface area contributed by atoms with E-state index in [-0.39, 0.29) is 17.9 Å². The third kappa shape index (κ3) is 4.77. The van der Waals surface area contributed by atoms with Crippen molar-refractivity contribution >= 4 is 11.5 Å². The summed E-state index contributed by atoms with van der Waals surface area (Å²) in [5.74, 6) is 0.374. The first kappa shape index (κ1) is 19.8. The van der Waals surface area contributed by atoms with E-state index in [2.05, 4.69) is 9.97 Å². The summed E-state index contributed by atoms with van der Waals surface area (Å²) < 4.78 is 51.0. The van der Waals surface area contributed by atoms with Crippen LogP contribution in [0, 0.1) is 0 Å². The fourth-order valence-corrected chi connectivity index (χ4v) is 2.19. The number of anilines is 2. The Morgan fingerprint density at radius 2 is 1.81 bits per heavy atom. The zero-order valence-corrected chi connectivity index (χ0v) is 15.2. The summed E-state index contributed by atoms with van der Waals surface area (Å²) in [6.07, 6.45) is -3.33. The Morgan fingerprint density at radius 1 is 1.15 bits per heavy atom. The molecule has 2 rings (SSSR count). The van der Waals surface area contributed by atoms with Gasteiger partial charge in [-0.1, -0.05) is 6.92 Å². The molecule has 0 aliphatic carbocycles. The molecule has 1 unspecified atom stereocenters. The Balaban J connectivity index is 2.41. The maximum absolute atomic E-state index is 13.4. The van der Waals surface area contributed by atoms with E-state index in [1.54, 1.807) is 31.2 Å². The first-order valence-electron chi connectivity index (χ1n) is 8.33. The first-order valence-corrected chi connectivity index (χ1v) is 8.33. The Bertz CT molecular complexity index is 721. The highest BCUT2D eigenvalue weighted by atomic mass is 19.4. The molecule has 0 fully saturated rings. The van der Waals surface area contributed by atoms with Gasteiger partial charge in [-0.15, -0.1) is 0 Å². The molecule has 1 heterocycles. The van der Waals surface area contributed by atoms with Crippen molar-refractivity contribution in [1.29, 1.82) is 0 Å². The number of benzene rings is 1. The number of aromatic nitrogens is 2. The number of ether oxygens (including phenoxy) is 2. The van der Waals surface area contributed by atoms with E-state index in [1.165, 1.54) is 11.9 Å². The predicted octanol–water partition coefficient (Wildman–Crippen LogP) is 4.84. The van der Waals surface area contributed by atoms with Crippen LogP contribution in [0.3, 0.4) is 0 Å². The number of hydrogen-bond acceptors (Lipinski definition) is 5. The SMILES string of the molecule is CCOc1ccc(N(C)c2nc(OC(C)CC)ncc2C(F)(F)F)cc1. The monoisotopic (exact) mass is 369 g/mol. The highest BCUT2D eigenvalue weighted by molar-refractivity contribution is 5.63. The molecule has 0 aliphatic rings. The van der Waals surface area contributed by atoms with Gasteiger partial charge in [0.05, 0.1) is 12.7 Å². The van der Waals surface area contributed by atoms with Crippen LogP contribution in [0.5, 0.6) is 11.8 Å². The molecule has 142 valence electrons. The Kier molecular flexibility index (Phi) is 6.28. The lowest BCUT2D eigenvalue weighted by Gasteiger charge is -2.23. The van der Waals surface area contributed by atoms with Crippen molar-refractivity contribution in [2.75, 3.05) is 18.6 Å². The largest absolute Gasteiger partial charge is 0.494 e. The standard InChI is InChI=1S/C18H22F3N3O2/c1-5-12(3)26-17-22-11-15(18(19,20)21)16(23-17)24(4)13-7-9-14(10-8-13)25-6-2/h7-12H,5-6H2,1-4H3. The van der Waals surface area contributed by atoms with E-state index < -0.39 is 11.7 Å². The van der Waals surface area contributed by atoms with Crippen molar-refractivity contribution in [2.24, 2.45) is 0 Å². The summed E-state index contributed by atoms with van der Waals surface area (Å²) in [7, 11) is 1.51. The minimum absolute atomic E-state index is 0.0832. The first-order chi connectivity index (χ1) is 12.3. The van der Waals surface area contributed by atoms with E-state index in [9.17, 15) is 13.2 Å². The van der Waals surface area contributed by atoms with E-state index in [0.717, 1.165) is 6.20 Å². The van der Waals surface area contributed by atoms with Crippen molar-refractivity contribution in [3.05, 3.63) is 36.0 Å². The summed E-state index contributed by atoms with van der Waals surface area (Å²) >= 11 is 0. The van der Waals surface area contributed by atoms with Gasteiger partial charge < -0.3 is 14.4 Å². The summed E-state index contributed by atoms with van der Waals surface area (Å²) in [6.45, 7) is 6.07. The number of halogens is 3. The molecule has 0 aliphatic heterocycles. The molecule has 2 aromatic rings. The topological polar surface area (TPSA) is 47.5 Å². The fourth-order valence-electron chi connectivity index (χ4n) is 2.19. The van der Waals surface area contributed by atoms with Crippen LogP contribution in [-0.2, 0) is 6.18 Å². The molecule has 0 saturated carbocycles. The van der Waals surface area contributed by atoms with Crippen LogP contribution in [0.2, 0.25) is 0 Å². The summed E-state index contributed by atoms with van der Waals surface area (Å²) in [6, 6.07) is 6.64. The van der Waals surface area contributed by atoms with Gasteiger partial charge in [-0.3, -0.25) is 0 Å². The highest BCUT2D eigenvalue weighted by Gasteiger charge is 2.36. The van der Waals surface area contributed by atoms with Gasteiger partial charge >= 0.3 is 12.2 Å². The number of hydrogen-bond donors (Lipinski definition) is 0. The zero-order valence-electron chi connectivity index (χ0n) is 15.2. The molecule has 0 radical (unpaired) electrons. The van der Waals surface area contributed by atoms with Crippen LogP contribution in [0.4, 0.5) is 24.7 Å². The number of nitrogens with zero attached hydrogens (tertiary/aromatic N) is 3. The molecule has 0 bridgehead atoms. The lowest BCUT2D eigenvalue weighted by molar-refractivity contribution is -0.137. The highest BCUT2D eigenvalue weighted by Crippen LogP contribution is 2.38. The molecule has 0 saturated heterocycles. The molecule has 0 N–H and O–H groups in total. The maximum atomic E-state index is 13.4. The molecule has 1 aromatic carbocycles. The Morgan fingerprint density at radius 3 is 2.35 bits per heavy atom. The normalized spacial score (nSPS) is 12.6. The molecule has 0 amide bonds. The third-order valence-electron chi connectivity index (χ3n) is 3.79. The molecule has 1 aromatic heterocycles. The minimum atomic E-state index is -4.58. The van der Waals surface area contributed by atoms with Crippen LogP contribution in [0.25, 0.3) is 0 Å². The maximum Gasteiger partial charge on any atom is 0.421 e. The van der Waals surface area contributed by atoms with Crippen LogP contribution < -0.4 is 14.4 Å². The van der Waals surface area contributed by atoms with E-state index in [4.69, 9.17) is 9.47 Å². The average Bonchev–Trinajstić information content (AvgIpc) is 2.61. The van der Waals surface area contributed by atoms with Gasteiger partial charge in [0.25, 0.3) is 0 Å². The Labute approximate surface area is 150 Å². The molecule has 1 atom stereocenters. The van der Waals surface area contributed by atoms with Crippen LogP contribution in [0.15, 0.2) is 30.5 Å². The lowest BCUT2D eigenvalue weighted by atomic mass is 10.2. The molecule has 26 heavy (non-hydrogen) atoms. The molecular weight excluding hydrogens is 347 g/mol. The quantitative estimate of drug-likeness (QED) is 0.699. The van der Waals surface area contributed by atoms with Crippen molar-refractivity contribution < 1.29 is 22.6 Å². The lowest BCUT2D eigenvalue weighted by Crippen LogP contribution is -2.20. The van der Waals surface area contributed by atoms with Crippen molar-refractivity contribution in [3.63, 3.8) is 0 Å². The van der Waals surface area contributed by atoms with Crippen LogP contribution in [-0.4, -0.2) is 29.7 Å². The molecule has 0 spiro atoms. The van der Waals surface area contributed by atoms with Gasteiger partial charge in [0.1, 0.15) is 11.3 Å². The second-order valence-corrected chi connectivity index (χ2v) is 5.71. The minimum Gasteiger partial charge on any atom is -0.494 e. The fraction of sp³-hybridized carbons (Fsp3) is 0.444. The third-order valence-corrected chi connectivity index (χ3v) is 3.79. The van der Waals surface area contributed by atoms with Crippen LogP contribution in [0.1, 0.15) is 32.8 Å². The second-order valence-electron chi connectivity index (χ2n) is 5.71. The number of alkyl halides is 3. The Hall–Kier alpha value is -2.51. The summed E-state index contributed by atoms with van der Waals surface area (Å²) in [5.41, 5.74) is -0.391. The van der Waals surface area contributed by atoms with Gasteiger partial charge in [-0.25, -0.2) is 4.98 Å². The summed E-state index contributed by atoms with van der Waals surface area (Å²) in [4.78, 5) is 9.06. The van der Waals surface area contributed by atoms with Gasteiger partial charge in [0.15, 0.2) is 5.82 Å². The summed E-state index contributed by atoms with van der Waals surface area (Å²) in [5, 5.41) is 0. The average molecular weight is 369 g/mol. The smallest absolute Gasteiger partial charge is 0.421 e. The van der Waals surface area contributed by atoms with Crippen molar-refractivity contribution in [1.82, 2.24) is 9.97 Å². The van der Waals surface area contributed by atoms with E-state index in [0.29, 0.717) is 24.5 Å². The molecular formula is C18H22F3N3O2. The van der Waals surface area contributed by atoms with Gasteiger partial charge in [-0.2, -0.15) is 18.2 Å². The number of rotatable bonds is 7. The van der Waals surface area contributed by atoms with Gasteiger partial charge in [-0.05, 0) is 44.5 Å². The molecule has 5 nitrogen and oxygen atoms in total. The van der Waals surface area contributed by atoms with Crippen molar-refractivity contribution in [2.45, 2.75) is 39.5 Å². The van der Waals surface area contributed by atoms with Gasteiger partial charge in [0, 0.05) is 18.9 Å². The van der Waals surface area contributed by atoms with Gasteiger partial charge in [0.2, 0.25) is 0 Å². The predicted molar refractivity (Wildman–Crippen MR) is 93.1 cm³/mol. The van der Waals surface area contributed by atoms with Crippen LogP contribution >= 0.6 is 0 Å². The van der Waals surface area contributed by atoms with E-state index >= 15 is 0 Å². The van der Waals surface area contributed by atoms with E-state index in [1.807, 2.05) is 13.8 Å². The van der Waals surface area contributed by atoms with Crippen molar-refractivity contribution in [3.8, 4) is 11.8 Å². The second kappa shape index (κ2) is 8.25. The molecule has 8 heteroatoms. The zero-order chi connectivity index (χ0) is 19.3.